The van der Waals surface area contributed by atoms with Gasteiger partial charge in [-0.05, 0) is 31.4 Å². The third kappa shape index (κ3) is 2.50. The maximum absolute atomic E-state index is 5.55. The van der Waals surface area contributed by atoms with E-state index < -0.39 is 0 Å². The van der Waals surface area contributed by atoms with Crippen LogP contribution in [0, 0.1) is 0 Å². The van der Waals surface area contributed by atoms with Gasteiger partial charge in [-0.1, -0.05) is 19.1 Å². The molecule has 0 radical (unpaired) electrons. The molecule has 3 nitrogen and oxygen atoms in total. The lowest BCUT2D eigenvalue weighted by molar-refractivity contribution is 0.750. The van der Waals surface area contributed by atoms with E-state index in [1.165, 1.54) is 12.8 Å². The molecule has 2 N–H and O–H groups in total. The van der Waals surface area contributed by atoms with Crippen LogP contribution in [0.25, 0.3) is 0 Å². The first-order valence-corrected chi connectivity index (χ1v) is 6.15. The number of anilines is 1. The van der Waals surface area contributed by atoms with Gasteiger partial charge in [0.05, 0.1) is 0 Å². The van der Waals surface area contributed by atoms with Crippen molar-refractivity contribution in [2.24, 2.45) is 5.73 Å². The maximum atomic E-state index is 5.55. The van der Waals surface area contributed by atoms with E-state index in [0.29, 0.717) is 11.0 Å². The fourth-order valence-electron chi connectivity index (χ4n) is 1.81. The SMILES string of the molecule is CCCN(c1ccc(C(N)=S)cn1)C1CC1. The Morgan fingerprint density at radius 2 is 2.31 bits per heavy atom. The van der Waals surface area contributed by atoms with E-state index in [1.807, 2.05) is 12.1 Å². The zero-order chi connectivity index (χ0) is 11.5. The molecule has 86 valence electrons. The highest BCUT2D eigenvalue weighted by Crippen LogP contribution is 2.30. The summed E-state index contributed by atoms with van der Waals surface area (Å²) in [5.74, 6) is 1.05. The van der Waals surface area contributed by atoms with Gasteiger partial charge < -0.3 is 10.6 Å². The van der Waals surface area contributed by atoms with Gasteiger partial charge in [0.2, 0.25) is 0 Å². The highest BCUT2D eigenvalue weighted by Gasteiger charge is 2.29. The standard InChI is InChI=1S/C12H17N3S/c1-2-7-15(10-4-5-10)11-6-3-9(8-14-11)12(13)16/h3,6,8,10H,2,4-5,7H2,1H3,(H2,13,16). The van der Waals surface area contributed by atoms with E-state index in [9.17, 15) is 0 Å². The summed E-state index contributed by atoms with van der Waals surface area (Å²) in [7, 11) is 0. The fourth-order valence-corrected chi connectivity index (χ4v) is 1.93. The lowest BCUT2D eigenvalue weighted by atomic mass is 10.2. The Labute approximate surface area is 102 Å². The summed E-state index contributed by atoms with van der Waals surface area (Å²) in [5.41, 5.74) is 6.39. The fraction of sp³-hybridized carbons (Fsp3) is 0.500. The predicted molar refractivity (Wildman–Crippen MR) is 70.8 cm³/mol. The lowest BCUT2D eigenvalue weighted by Gasteiger charge is -2.22. The first kappa shape index (κ1) is 11.3. The first-order valence-electron chi connectivity index (χ1n) is 5.75. The van der Waals surface area contributed by atoms with E-state index in [4.69, 9.17) is 18.0 Å². The van der Waals surface area contributed by atoms with Gasteiger partial charge in [-0.2, -0.15) is 0 Å². The van der Waals surface area contributed by atoms with Crippen molar-refractivity contribution in [2.75, 3.05) is 11.4 Å². The van der Waals surface area contributed by atoms with Crippen LogP contribution in [-0.2, 0) is 0 Å². The highest BCUT2D eigenvalue weighted by atomic mass is 32.1. The van der Waals surface area contributed by atoms with Crippen LogP contribution in [0.2, 0.25) is 0 Å². The van der Waals surface area contributed by atoms with Crippen molar-refractivity contribution >= 4 is 23.0 Å². The Kier molecular flexibility index (Phi) is 3.39. The molecule has 0 aliphatic heterocycles. The van der Waals surface area contributed by atoms with Crippen molar-refractivity contribution in [3.63, 3.8) is 0 Å². The molecule has 1 aromatic rings. The van der Waals surface area contributed by atoms with Crippen LogP contribution in [-0.4, -0.2) is 22.6 Å². The van der Waals surface area contributed by atoms with Crippen LogP contribution in [0.15, 0.2) is 18.3 Å². The van der Waals surface area contributed by atoms with Gasteiger partial charge in [0.1, 0.15) is 10.8 Å². The van der Waals surface area contributed by atoms with E-state index in [0.717, 1.165) is 24.3 Å². The highest BCUT2D eigenvalue weighted by molar-refractivity contribution is 7.80. The molecule has 1 aliphatic rings. The molecule has 0 amide bonds. The molecule has 0 atom stereocenters. The van der Waals surface area contributed by atoms with E-state index in [1.54, 1.807) is 6.20 Å². The van der Waals surface area contributed by atoms with Gasteiger partial charge in [0.15, 0.2) is 0 Å². The number of nitrogens with zero attached hydrogens (tertiary/aromatic N) is 2. The summed E-state index contributed by atoms with van der Waals surface area (Å²) in [5, 5.41) is 0. The first-order chi connectivity index (χ1) is 7.72. The normalized spacial score (nSPS) is 14.8. The number of pyridine rings is 1. The molecular weight excluding hydrogens is 218 g/mol. The van der Waals surface area contributed by atoms with Crippen LogP contribution >= 0.6 is 12.2 Å². The van der Waals surface area contributed by atoms with Crippen molar-refractivity contribution in [1.82, 2.24) is 4.98 Å². The number of hydrogen-bond donors (Lipinski definition) is 1. The summed E-state index contributed by atoms with van der Waals surface area (Å²) >= 11 is 4.91. The van der Waals surface area contributed by atoms with Crippen LogP contribution in [0.1, 0.15) is 31.7 Å². The Morgan fingerprint density at radius 1 is 1.56 bits per heavy atom. The van der Waals surface area contributed by atoms with Crippen LogP contribution in [0.3, 0.4) is 0 Å². The van der Waals surface area contributed by atoms with Crippen LogP contribution < -0.4 is 10.6 Å². The quantitative estimate of drug-likeness (QED) is 0.794. The van der Waals surface area contributed by atoms with Crippen LogP contribution in [0.5, 0.6) is 0 Å². The number of nitrogens with two attached hydrogens (primary N) is 1. The molecule has 1 aromatic heterocycles. The largest absolute Gasteiger partial charge is 0.389 e. The van der Waals surface area contributed by atoms with Crippen molar-refractivity contribution in [3.8, 4) is 0 Å². The molecule has 0 bridgehead atoms. The van der Waals surface area contributed by atoms with Crippen LogP contribution in [0.4, 0.5) is 5.82 Å². The van der Waals surface area contributed by atoms with E-state index in [-0.39, 0.29) is 0 Å². The Balaban J connectivity index is 2.14. The maximum Gasteiger partial charge on any atom is 0.128 e. The Hall–Kier alpha value is -1.16. The number of rotatable bonds is 5. The predicted octanol–water partition coefficient (Wildman–Crippen LogP) is 2.09. The monoisotopic (exact) mass is 235 g/mol. The molecule has 1 aliphatic carbocycles. The van der Waals surface area contributed by atoms with Crippen molar-refractivity contribution < 1.29 is 0 Å². The Bertz CT molecular complexity index is 370. The number of thiocarbonyl (C=S) groups is 1. The van der Waals surface area contributed by atoms with Gasteiger partial charge >= 0.3 is 0 Å². The summed E-state index contributed by atoms with van der Waals surface area (Å²) in [4.78, 5) is 7.23. The average molecular weight is 235 g/mol. The molecule has 1 saturated carbocycles. The third-order valence-corrected chi connectivity index (χ3v) is 3.01. The van der Waals surface area contributed by atoms with Gasteiger partial charge in [-0.25, -0.2) is 4.98 Å². The molecule has 0 spiro atoms. The zero-order valence-electron chi connectivity index (χ0n) is 9.52. The van der Waals surface area contributed by atoms with E-state index >= 15 is 0 Å². The van der Waals surface area contributed by atoms with Gasteiger partial charge in [0.25, 0.3) is 0 Å². The summed E-state index contributed by atoms with van der Waals surface area (Å²) in [6, 6.07) is 4.67. The van der Waals surface area contributed by atoms with Gasteiger partial charge in [0, 0.05) is 24.3 Å². The average Bonchev–Trinajstić information content (AvgIpc) is 3.10. The topological polar surface area (TPSA) is 42.1 Å². The molecule has 0 aromatic carbocycles. The van der Waals surface area contributed by atoms with Crippen molar-refractivity contribution in [2.45, 2.75) is 32.2 Å². The molecule has 0 saturated heterocycles. The summed E-state index contributed by atoms with van der Waals surface area (Å²) in [6.07, 6.45) is 5.50. The smallest absolute Gasteiger partial charge is 0.128 e. The molecule has 0 unspecified atom stereocenters. The number of aromatic nitrogens is 1. The zero-order valence-corrected chi connectivity index (χ0v) is 10.3. The molecule has 4 heteroatoms. The second-order valence-corrected chi connectivity index (χ2v) is 4.63. The van der Waals surface area contributed by atoms with Gasteiger partial charge in [-0.3, -0.25) is 0 Å². The minimum atomic E-state index is 0.410. The lowest BCUT2D eigenvalue weighted by Crippen LogP contribution is -2.27. The van der Waals surface area contributed by atoms with Crippen molar-refractivity contribution in [3.05, 3.63) is 23.9 Å². The van der Waals surface area contributed by atoms with Gasteiger partial charge in [-0.15, -0.1) is 0 Å². The minimum absolute atomic E-state index is 0.410. The molecule has 16 heavy (non-hydrogen) atoms. The third-order valence-electron chi connectivity index (χ3n) is 2.78. The molecule has 2 rings (SSSR count). The van der Waals surface area contributed by atoms with E-state index in [2.05, 4.69) is 16.8 Å². The summed E-state index contributed by atoms with van der Waals surface area (Å²) in [6.45, 7) is 3.27. The molecule has 1 fully saturated rings. The summed E-state index contributed by atoms with van der Waals surface area (Å²) < 4.78 is 0. The number of hydrogen-bond acceptors (Lipinski definition) is 3. The second-order valence-electron chi connectivity index (χ2n) is 4.19. The molecule has 1 heterocycles. The van der Waals surface area contributed by atoms with Crippen molar-refractivity contribution in [1.29, 1.82) is 0 Å². The Morgan fingerprint density at radius 3 is 2.75 bits per heavy atom. The second kappa shape index (κ2) is 4.78. The minimum Gasteiger partial charge on any atom is -0.389 e. The molecular formula is C12H17N3S.